The van der Waals surface area contributed by atoms with Gasteiger partial charge in [-0.05, 0) is 52.2 Å². The van der Waals surface area contributed by atoms with Crippen LogP contribution >= 0.6 is 45.5 Å². The van der Waals surface area contributed by atoms with Crippen LogP contribution in [0.2, 0.25) is 5.02 Å². The molecule has 8 heteroatoms. The minimum absolute atomic E-state index is 0.150. The number of halogens is 2. The van der Waals surface area contributed by atoms with E-state index in [1.54, 1.807) is 23.5 Å². The van der Waals surface area contributed by atoms with Crippen molar-refractivity contribution < 1.29 is 9.32 Å². The third-order valence-electron chi connectivity index (χ3n) is 3.02. The summed E-state index contributed by atoms with van der Waals surface area (Å²) in [6.45, 7) is 0. The summed E-state index contributed by atoms with van der Waals surface area (Å²) in [5.41, 5.74) is 1.52. The Balaban J connectivity index is 1.57. The molecule has 2 aromatic heterocycles. The lowest BCUT2D eigenvalue weighted by molar-refractivity contribution is -0.116. The first-order valence-electron chi connectivity index (χ1n) is 6.72. The molecule has 2 heterocycles. The summed E-state index contributed by atoms with van der Waals surface area (Å²) in [4.78, 5) is 16.3. The third kappa shape index (κ3) is 4.30. The molecule has 3 aromatic rings. The van der Waals surface area contributed by atoms with Gasteiger partial charge in [0.05, 0.1) is 10.7 Å². The number of aromatic nitrogens is 2. The first-order valence-corrected chi connectivity index (χ1v) is 9.12. The largest absolute Gasteiger partial charge is 0.339 e. The number of aryl methyl sites for hydroxylation is 1. The Morgan fingerprint density at radius 2 is 2.26 bits per heavy atom. The molecule has 0 aliphatic heterocycles. The van der Waals surface area contributed by atoms with Crippen LogP contribution in [-0.4, -0.2) is 16.0 Å². The van der Waals surface area contributed by atoms with E-state index in [0.29, 0.717) is 28.8 Å². The molecule has 118 valence electrons. The number of anilines is 1. The number of benzene rings is 1. The summed E-state index contributed by atoms with van der Waals surface area (Å²) in [6, 6.07) is 7.38. The van der Waals surface area contributed by atoms with E-state index in [4.69, 9.17) is 16.1 Å². The zero-order valence-electron chi connectivity index (χ0n) is 11.8. The maximum Gasteiger partial charge on any atom is 0.227 e. The highest BCUT2D eigenvalue weighted by Crippen LogP contribution is 2.24. The summed E-state index contributed by atoms with van der Waals surface area (Å²) in [5.74, 6) is 0.834. The second-order valence-corrected chi connectivity index (χ2v) is 7.13. The van der Waals surface area contributed by atoms with E-state index in [-0.39, 0.29) is 12.3 Å². The van der Waals surface area contributed by atoms with Gasteiger partial charge >= 0.3 is 0 Å². The number of carbonyl (C=O) groups is 1. The van der Waals surface area contributed by atoms with Crippen molar-refractivity contribution in [3.8, 4) is 11.4 Å². The molecule has 1 N–H and O–H groups in total. The molecule has 0 unspecified atom stereocenters. The lowest BCUT2D eigenvalue weighted by atomic mass is 10.2. The maximum absolute atomic E-state index is 12.0. The van der Waals surface area contributed by atoms with Gasteiger partial charge < -0.3 is 9.84 Å². The molecule has 0 fully saturated rings. The number of amides is 1. The summed E-state index contributed by atoms with van der Waals surface area (Å²) >= 11 is 9.82. The van der Waals surface area contributed by atoms with Crippen LogP contribution in [0.15, 0.2) is 39.5 Å². The van der Waals surface area contributed by atoms with Crippen molar-refractivity contribution in [2.45, 2.75) is 12.8 Å². The molecule has 0 aliphatic rings. The Morgan fingerprint density at radius 1 is 1.39 bits per heavy atom. The summed E-state index contributed by atoms with van der Waals surface area (Å²) < 4.78 is 6.18. The van der Waals surface area contributed by atoms with Gasteiger partial charge in [0.15, 0.2) is 0 Å². The van der Waals surface area contributed by atoms with Gasteiger partial charge in [-0.1, -0.05) is 16.8 Å². The van der Waals surface area contributed by atoms with Crippen molar-refractivity contribution in [2.24, 2.45) is 0 Å². The van der Waals surface area contributed by atoms with Crippen LogP contribution in [0, 0.1) is 3.57 Å². The molecule has 0 radical (unpaired) electrons. The number of hydrogen-bond donors (Lipinski definition) is 1. The third-order valence-corrected chi connectivity index (χ3v) is 4.69. The van der Waals surface area contributed by atoms with Crippen molar-refractivity contribution in [1.82, 2.24) is 10.1 Å². The smallest absolute Gasteiger partial charge is 0.227 e. The monoisotopic (exact) mass is 459 g/mol. The highest BCUT2D eigenvalue weighted by molar-refractivity contribution is 14.1. The summed E-state index contributed by atoms with van der Waals surface area (Å²) in [7, 11) is 0. The van der Waals surface area contributed by atoms with Crippen molar-refractivity contribution in [1.29, 1.82) is 0 Å². The fourth-order valence-electron chi connectivity index (χ4n) is 1.89. The Labute approximate surface area is 155 Å². The quantitative estimate of drug-likeness (QED) is 0.565. The zero-order valence-corrected chi connectivity index (χ0v) is 15.5. The molecule has 3 rings (SSSR count). The maximum atomic E-state index is 12.0. The van der Waals surface area contributed by atoms with E-state index >= 15 is 0 Å². The van der Waals surface area contributed by atoms with E-state index < -0.39 is 0 Å². The van der Waals surface area contributed by atoms with Crippen molar-refractivity contribution in [3.63, 3.8) is 0 Å². The fraction of sp³-hybridized carbons (Fsp3) is 0.133. The van der Waals surface area contributed by atoms with Crippen LogP contribution in [0.4, 0.5) is 5.69 Å². The number of nitrogens with one attached hydrogen (secondary N) is 1. The average Bonchev–Trinajstić information content (AvgIpc) is 3.18. The second kappa shape index (κ2) is 7.41. The molecule has 0 saturated carbocycles. The van der Waals surface area contributed by atoms with Crippen LogP contribution in [-0.2, 0) is 11.2 Å². The van der Waals surface area contributed by atoms with Crippen LogP contribution in [0.3, 0.4) is 0 Å². The summed E-state index contributed by atoms with van der Waals surface area (Å²) in [5, 5.41) is 11.1. The minimum Gasteiger partial charge on any atom is -0.339 e. The van der Waals surface area contributed by atoms with Gasteiger partial charge in [0.25, 0.3) is 0 Å². The molecule has 5 nitrogen and oxygen atoms in total. The summed E-state index contributed by atoms with van der Waals surface area (Å²) in [6.07, 6.45) is 0.624. The Bertz CT molecular complexity index is 820. The molecule has 1 amide bonds. The molecular formula is C15H11ClIN3O2S. The molecule has 0 saturated heterocycles. The number of nitrogens with zero attached hydrogens (tertiary/aromatic N) is 2. The van der Waals surface area contributed by atoms with Crippen molar-refractivity contribution >= 4 is 57.1 Å². The van der Waals surface area contributed by atoms with E-state index in [1.807, 2.05) is 22.9 Å². The van der Waals surface area contributed by atoms with Gasteiger partial charge in [-0.3, -0.25) is 4.79 Å². The van der Waals surface area contributed by atoms with E-state index in [0.717, 1.165) is 9.13 Å². The first-order chi connectivity index (χ1) is 11.1. The molecule has 0 aliphatic carbocycles. The van der Waals surface area contributed by atoms with Gasteiger partial charge in [-0.2, -0.15) is 16.3 Å². The van der Waals surface area contributed by atoms with Gasteiger partial charge in [-0.25, -0.2) is 0 Å². The molecule has 0 bridgehead atoms. The first kappa shape index (κ1) is 16.4. The molecule has 0 spiro atoms. The SMILES string of the molecule is O=C(CCc1nc(-c2ccsc2)no1)Nc1ccc(I)cc1Cl. The Hall–Kier alpha value is -1.45. The highest BCUT2D eigenvalue weighted by Gasteiger charge is 2.12. The van der Waals surface area contributed by atoms with Crippen molar-refractivity contribution in [3.05, 3.63) is 49.5 Å². The predicted molar refractivity (Wildman–Crippen MR) is 98.7 cm³/mol. The van der Waals surface area contributed by atoms with E-state index in [9.17, 15) is 4.79 Å². The molecule has 23 heavy (non-hydrogen) atoms. The van der Waals surface area contributed by atoms with Gasteiger partial charge in [0, 0.05) is 27.4 Å². The van der Waals surface area contributed by atoms with Gasteiger partial charge in [-0.15, -0.1) is 0 Å². The minimum atomic E-state index is -0.150. The van der Waals surface area contributed by atoms with Crippen LogP contribution < -0.4 is 5.32 Å². The number of hydrogen-bond acceptors (Lipinski definition) is 5. The normalized spacial score (nSPS) is 10.7. The van der Waals surface area contributed by atoms with E-state index in [1.165, 1.54) is 0 Å². The second-order valence-electron chi connectivity index (χ2n) is 4.70. The zero-order chi connectivity index (χ0) is 16.2. The van der Waals surface area contributed by atoms with Crippen molar-refractivity contribution in [2.75, 3.05) is 5.32 Å². The van der Waals surface area contributed by atoms with Gasteiger partial charge in [0.2, 0.25) is 17.6 Å². The van der Waals surface area contributed by atoms with Crippen LogP contribution in [0.5, 0.6) is 0 Å². The highest BCUT2D eigenvalue weighted by atomic mass is 127. The fourth-order valence-corrected chi connectivity index (χ4v) is 3.43. The predicted octanol–water partition coefficient (Wildman–Crippen LogP) is 4.63. The van der Waals surface area contributed by atoms with E-state index in [2.05, 4.69) is 38.0 Å². The Kier molecular flexibility index (Phi) is 5.29. The molecular weight excluding hydrogens is 449 g/mol. The molecule has 0 atom stereocenters. The number of thiophene rings is 1. The lowest BCUT2D eigenvalue weighted by Crippen LogP contribution is -2.12. The van der Waals surface area contributed by atoms with Crippen LogP contribution in [0.1, 0.15) is 12.3 Å². The lowest BCUT2D eigenvalue weighted by Gasteiger charge is -2.06. The number of rotatable bonds is 5. The standard InChI is InChI=1S/C15H11ClIN3O2S/c16-11-7-10(17)1-2-12(11)18-13(21)3-4-14-19-15(20-22-14)9-5-6-23-8-9/h1-2,5-8H,3-4H2,(H,18,21). The molecule has 1 aromatic carbocycles. The average molecular weight is 460 g/mol. The number of carbonyl (C=O) groups excluding carboxylic acids is 1. The topological polar surface area (TPSA) is 68.0 Å². The van der Waals surface area contributed by atoms with Crippen LogP contribution in [0.25, 0.3) is 11.4 Å². The van der Waals surface area contributed by atoms with Gasteiger partial charge in [0.1, 0.15) is 0 Å². The Morgan fingerprint density at radius 3 is 3.00 bits per heavy atom.